The maximum absolute atomic E-state index is 11.8. The van der Waals surface area contributed by atoms with Crippen LogP contribution >= 0.6 is 0 Å². The van der Waals surface area contributed by atoms with Gasteiger partial charge in [0.05, 0.1) is 6.20 Å². The maximum atomic E-state index is 11.8. The number of likely N-dealkylation sites (tertiary alicyclic amines) is 1. The van der Waals surface area contributed by atoms with Gasteiger partial charge in [-0.25, -0.2) is 4.68 Å². The lowest BCUT2D eigenvalue weighted by atomic mass is 10.1. The van der Waals surface area contributed by atoms with Crippen LogP contribution in [0, 0.1) is 5.92 Å². The summed E-state index contributed by atoms with van der Waals surface area (Å²) >= 11 is 0. The average molecular weight is 224 g/mol. The Bertz CT molecular complexity index is 339. The summed E-state index contributed by atoms with van der Waals surface area (Å²) in [6, 6.07) is 0. The number of aromatic nitrogens is 3. The molecule has 1 atom stereocenters. The highest BCUT2D eigenvalue weighted by Crippen LogP contribution is 2.19. The monoisotopic (exact) mass is 224 g/mol. The van der Waals surface area contributed by atoms with Crippen molar-refractivity contribution >= 4 is 5.91 Å². The molecule has 1 fully saturated rings. The van der Waals surface area contributed by atoms with E-state index in [1.165, 1.54) is 4.68 Å². The first-order valence-electron chi connectivity index (χ1n) is 5.52. The van der Waals surface area contributed by atoms with Gasteiger partial charge in [0.1, 0.15) is 6.54 Å². The molecular weight excluding hydrogens is 208 g/mol. The minimum Gasteiger partial charge on any atom is -0.396 e. The molecule has 1 aliphatic heterocycles. The summed E-state index contributed by atoms with van der Waals surface area (Å²) in [5, 5.41) is 16.3. The van der Waals surface area contributed by atoms with Crippen LogP contribution in [0.1, 0.15) is 12.8 Å². The van der Waals surface area contributed by atoms with Gasteiger partial charge >= 0.3 is 0 Å². The van der Waals surface area contributed by atoms with Crippen molar-refractivity contribution in [3.05, 3.63) is 12.4 Å². The van der Waals surface area contributed by atoms with Crippen molar-refractivity contribution in [3.63, 3.8) is 0 Å². The Morgan fingerprint density at radius 1 is 1.56 bits per heavy atom. The third-order valence-electron chi connectivity index (χ3n) is 2.95. The molecule has 16 heavy (non-hydrogen) atoms. The fourth-order valence-corrected chi connectivity index (χ4v) is 2.03. The van der Waals surface area contributed by atoms with E-state index in [4.69, 9.17) is 5.11 Å². The molecule has 2 rings (SSSR count). The third-order valence-corrected chi connectivity index (χ3v) is 2.95. The number of hydrogen-bond acceptors (Lipinski definition) is 4. The molecule has 6 heteroatoms. The minimum atomic E-state index is 0.0749. The van der Waals surface area contributed by atoms with Crippen LogP contribution in [0.25, 0.3) is 0 Å². The second-order valence-corrected chi connectivity index (χ2v) is 4.11. The van der Waals surface area contributed by atoms with E-state index in [1.54, 1.807) is 12.4 Å². The zero-order valence-electron chi connectivity index (χ0n) is 9.12. The van der Waals surface area contributed by atoms with Crippen molar-refractivity contribution in [2.45, 2.75) is 19.4 Å². The largest absolute Gasteiger partial charge is 0.396 e. The van der Waals surface area contributed by atoms with E-state index < -0.39 is 0 Å². The van der Waals surface area contributed by atoms with E-state index in [-0.39, 0.29) is 19.1 Å². The van der Waals surface area contributed by atoms with Crippen molar-refractivity contribution in [1.82, 2.24) is 19.9 Å². The van der Waals surface area contributed by atoms with Gasteiger partial charge in [0.2, 0.25) is 5.91 Å². The molecule has 1 amide bonds. The van der Waals surface area contributed by atoms with Crippen LogP contribution in [0.15, 0.2) is 12.4 Å². The van der Waals surface area contributed by atoms with Crippen LogP contribution in [0.5, 0.6) is 0 Å². The first-order valence-corrected chi connectivity index (χ1v) is 5.52. The predicted molar refractivity (Wildman–Crippen MR) is 56.4 cm³/mol. The Kier molecular flexibility index (Phi) is 3.51. The van der Waals surface area contributed by atoms with Crippen LogP contribution in [-0.4, -0.2) is 50.6 Å². The molecule has 1 unspecified atom stereocenters. The van der Waals surface area contributed by atoms with Gasteiger partial charge in [-0.1, -0.05) is 5.21 Å². The van der Waals surface area contributed by atoms with E-state index in [1.807, 2.05) is 4.90 Å². The number of carbonyl (C=O) groups is 1. The van der Waals surface area contributed by atoms with E-state index >= 15 is 0 Å². The molecular formula is C10H16N4O2. The smallest absolute Gasteiger partial charge is 0.244 e. The summed E-state index contributed by atoms with van der Waals surface area (Å²) in [7, 11) is 0. The Hall–Kier alpha value is -1.43. The highest BCUT2D eigenvalue weighted by atomic mass is 16.3. The van der Waals surface area contributed by atoms with Crippen molar-refractivity contribution in [2.24, 2.45) is 5.92 Å². The van der Waals surface area contributed by atoms with Gasteiger partial charge in [-0.15, -0.1) is 5.10 Å². The second kappa shape index (κ2) is 5.07. The molecule has 1 aromatic heterocycles. The number of carbonyl (C=O) groups excluding carboxylic acids is 1. The van der Waals surface area contributed by atoms with Gasteiger partial charge in [0, 0.05) is 25.9 Å². The Morgan fingerprint density at radius 2 is 2.44 bits per heavy atom. The third kappa shape index (κ3) is 2.57. The predicted octanol–water partition coefficient (Wildman–Crippen LogP) is -0.491. The van der Waals surface area contributed by atoms with Crippen molar-refractivity contribution in [3.8, 4) is 0 Å². The molecule has 0 saturated carbocycles. The summed E-state index contributed by atoms with van der Waals surface area (Å²) in [6.45, 7) is 2.01. The summed E-state index contributed by atoms with van der Waals surface area (Å²) < 4.78 is 1.53. The number of rotatable bonds is 4. The van der Waals surface area contributed by atoms with Crippen LogP contribution < -0.4 is 0 Å². The second-order valence-electron chi connectivity index (χ2n) is 4.11. The molecule has 1 N–H and O–H groups in total. The lowest BCUT2D eigenvalue weighted by Crippen LogP contribution is -2.32. The molecule has 6 nitrogen and oxygen atoms in total. The molecule has 0 bridgehead atoms. The summed E-state index contributed by atoms with van der Waals surface area (Å²) in [5.41, 5.74) is 0. The van der Waals surface area contributed by atoms with Crippen LogP contribution in [0.3, 0.4) is 0 Å². The van der Waals surface area contributed by atoms with Gasteiger partial charge in [0.15, 0.2) is 0 Å². The van der Waals surface area contributed by atoms with Crippen LogP contribution in [0.2, 0.25) is 0 Å². The normalized spacial score (nSPS) is 20.3. The first-order chi connectivity index (χ1) is 7.79. The highest BCUT2D eigenvalue weighted by molar-refractivity contribution is 5.76. The van der Waals surface area contributed by atoms with E-state index in [0.717, 1.165) is 25.9 Å². The SMILES string of the molecule is O=C(Cn1ccnn1)N1CCC(CCO)C1. The van der Waals surface area contributed by atoms with Crippen molar-refractivity contribution < 1.29 is 9.90 Å². The highest BCUT2D eigenvalue weighted by Gasteiger charge is 2.25. The summed E-state index contributed by atoms with van der Waals surface area (Å²) in [4.78, 5) is 13.7. The van der Waals surface area contributed by atoms with Gasteiger partial charge in [0.25, 0.3) is 0 Å². The first kappa shape index (κ1) is 11.1. The number of nitrogens with zero attached hydrogens (tertiary/aromatic N) is 4. The minimum absolute atomic E-state index is 0.0749. The molecule has 0 aliphatic carbocycles. The Labute approximate surface area is 93.9 Å². The summed E-state index contributed by atoms with van der Waals surface area (Å²) in [5.74, 6) is 0.524. The topological polar surface area (TPSA) is 71.2 Å². The summed E-state index contributed by atoms with van der Waals surface area (Å²) in [6.07, 6.45) is 5.02. The maximum Gasteiger partial charge on any atom is 0.244 e. The lowest BCUT2D eigenvalue weighted by molar-refractivity contribution is -0.131. The number of aliphatic hydroxyl groups excluding tert-OH is 1. The molecule has 1 saturated heterocycles. The van der Waals surface area contributed by atoms with E-state index in [9.17, 15) is 4.79 Å². The fourth-order valence-electron chi connectivity index (χ4n) is 2.03. The van der Waals surface area contributed by atoms with Gasteiger partial charge in [-0.05, 0) is 18.8 Å². The standard InChI is InChI=1S/C10H16N4O2/c15-6-2-9-1-4-13(7-9)10(16)8-14-5-3-11-12-14/h3,5,9,15H,1-2,4,6-8H2. The number of amides is 1. The molecule has 0 aromatic carbocycles. The molecule has 0 radical (unpaired) electrons. The number of hydrogen-bond donors (Lipinski definition) is 1. The van der Waals surface area contributed by atoms with Crippen molar-refractivity contribution in [1.29, 1.82) is 0 Å². The van der Waals surface area contributed by atoms with Crippen LogP contribution in [-0.2, 0) is 11.3 Å². The molecule has 88 valence electrons. The van der Waals surface area contributed by atoms with Gasteiger partial charge in [-0.3, -0.25) is 4.79 Å². The zero-order chi connectivity index (χ0) is 11.4. The Morgan fingerprint density at radius 3 is 3.12 bits per heavy atom. The molecule has 1 aliphatic rings. The zero-order valence-corrected chi connectivity index (χ0v) is 9.12. The van der Waals surface area contributed by atoms with E-state index in [2.05, 4.69) is 10.3 Å². The van der Waals surface area contributed by atoms with Gasteiger partial charge < -0.3 is 10.0 Å². The lowest BCUT2D eigenvalue weighted by Gasteiger charge is -2.16. The number of aliphatic hydroxyl groups is 1. The molecule has 2 heterocycles. The van der Waals surface area contributed by atoms with E-state index in [0.29, 0.717) is 5.92 Å². The average Bonchev–Trinajstić information content (AvgIpc) is 2.89. The van der Waals surface area contributed by atoms with Crippen LogP contribution in [0.4, 0.5) is 0 Å². The quantitative estimate of drug-likeness (QED) is 0.749. The van der Waals surface area contributed by atoms with Crippen molar-refractivity contribution in [2.75, 3.05) is 19.7 Å². The fraction of sp³-hybridized carbons (Fsp3) is 0.700. The van der Waals surface area contributed by atoms with Gasteiger partial charge in [-0.2, -0.15) is 0 Å². The molecule has 1 aromatic rings. The molecule has 0 spiro atoms. The Balaban J connectivity index is 1.83.